The van der Waals surface area contributed by atoms with E-state index in [0.29, 0.717) is 5.56 Å². The number of amides is 2. The van der Waals surface area contributed by atoms with Crippen LogP contribution < -0.4 is 0 Å². The Morgan fingerprint density at radius 2 is 1.74 bits per heavy atom. The Kier molecular flexibility index (Phi) is 6.74. The molecule has 1 heterocycles. The molecule has 3 rings (SSSR count). The SMILES string of the molecule is CN(C)CC(=O)N1[C@H](C#N)[C@H](c2ccc(-c3cccc(C(=O)N(C)C)c3)cc2)[C@H]1CO. The van der Waals surface area contributed by atoms with Crippen molar-refractivity contribution in [2.45, 2.75) is 18.0 Å². The van der Waals surface area contributed by atoms with E-state index in [1.54, 1.807) is 44.1 Å². The Morgan fingerprint density at radius 1 is 1.06 bits per heavy atom. The lowest BCUT2D eigenvalue weighted by molar-refractivity contribution is -0.147. The third-order valence-electron chi connectivity index (χ3n) is 5.62. The molecule has 0 aliphatic carbocycles. The first kappa shape index (κ1) is 22.5. The molecule has 1 saturated heterocycles. The molecule has 162 valence electrons. The average Bonchev–Trinajstić information content (AvgIpc) is 2.73. The molecular formula is C24H28N4O3. The molecule has 31 heavy (non-hydrogen) atoms. The van der Waals surface area contributed by atoms with E-state index in [4.69, 9.17) is 0 Å². The molecule has 7 nitrogen and oxygen atoms in total. The fourth-order valence-corrected chi connectivity index (χ4v) is 4.09. The number of likely N-dealkylation sites (tertiary alicyclic amines) is 1. The monoisotopic (exact) mass is 420 g/mol. The zero-order valence-electron chi connectivity index (χ0n) is 18.3. The van der Waals surface area contributed by atoms with E-state index in [1.165, 1.54) is 4.90 Å². The van der Waals surface area contributed by atoms with Crippen LogP contribution in [-0.4, -0.2) is 85.0 Å². The van der Waals surface area contributed by atoms with Gasteiger partial charge in [-0.05, 0) is 42.9 Å². The number of benzene rings is 2. The van der Waals surface area contributed by atoms with Crippen molar-refractivity contribution in [2.75, 3.05) is 41.3 Å². The molecule has 0 aromatic heterocycles. The van der Waals surface area contributed by atoms with Crippen LogP contribution in [0.15, 0.2) is 48.5 Å². The molecule has 1 fully saturated rings. The van der Waals surface area contributed by atoms with Crippen LogP contribution in [0.1, 0.15) is 21.8 Å². The number of rotatable bonds is 6. The van der Waals surface area contributed by atoms with Crippen LogP contribution in [0, 0.1) is 11.3 Å². The predicted octanol–water partition coefficient (Wildman–Crippen LogP) is 1.80. The smallest absolute Gasteiger partial charge is 0.253 e. The second-order valence-corrected chi connectivity index (χ2v) is 8.29. The molecule has 2 aromatic rings. The summed E-state index contributed by atoms with van der Waals surface area (Å²) in [5.74, 6) is -0.458. The lowest BCUT2D eigenvalue weighted by Crippen LogP contribution is -2.66. The molecule has 0 unspecified atom stereocenters. The molecular weight excluding hydrogens is 392 g/mol. The molecule has 2 amide bonds. The van der Waals surface area contributed by atoms with Crippen molar-refractivity contribution < 1.29 is 14.7 Å². The summed E-state index contributed by atoms with van der Waals surface area (Å²) in [6, 6.07) is 16.4. The van der Waals surface area contributed by atoms with Gasteiger partial charge in [0, 0.05) is 25.6 Å². The van der Waals surface area contributed by atoms with Gasteiger partial charge in [-0.25, -0.2) is 0 Å². The number of aliphatic hydroxyl groups excluding tert-OH is 1. The van der Waals surface area contributed by atoms with E-state index < -0.39 is 12.1 Å². The summed E-state index contributed by atoms with van der Waals surface area (Å²) in [4.78, 5) is 29.5. The zero-order valence-corrected chi connectivity index (χ0v) is 18.3. The first-order chi connectivity index (χ1) is 14.8. The van der Waals surface area contributed by atoms with E-state index in [1.807, 2.05) is 42.5 Å². The van der Waals surface area contributed by atoms with Crippen molar-refractivity contribution in [3.05, 3.63) is 59.7 Å². The number of nitriles is 1. The summed E-state index contributed by atoms with van der Waals surface area (Å²) in [6.45, 7) is 0.000800. The van der Waals surface area contributed by atoms with Crippen LogP contribution in [0.5, 0.6) is 0 Å². The molecule has 1 aliphatic rings. The number of carbonyl (C=O) groups excluding carboxylic acids is 2. The zero-order chi connectivity index (χ0) is 22.7. The summed E-state index contributed by atoms with van der Waals surface area (Å²) in [5.41, 5.74) is 3.39. The first-order valence-corrected chi connectivity index (χ1v) is 10.2. The van der Waals surface area contributed by atoms with Crippen LogP contribution in [0.2, 0.25) is 0 Å². The minimum absolute atomic E-state index is 0.0573. The highest BCUT2D eigenvalue weighted by Crippen LogP contribution is 2.41. The molecule has 0 spiro atoms. The Hall–Kier alpha value is -3.21. The highest BCUT2D eigenvalue weighted by atomic mass is 16.3. The lowest BCUT2D eigenvalue weighted by Gasteiger charge is -2.51. The summed E-state index contributed by atoms with van der Waals surface area (Å²) in [5, 5.41) is 19.6. The van der Waals surface area contributed by atoms with Gasteiger partial charge in [-0.15, -0.1) is 0 Å². The van der Waals surface area contributed by atoms with Gasteiger partial charge >= 0.3 is 0 Å². The molecule has 0 radical (unpaired) electrons. The largest absolute Gasteiger partial charge is 0.394 e. The second-order valence-electron chi connectivity index (χ2n) is 8.29. The van der Waals surface area contributed by atoms with Crippen molar-refractivity contribution in [1.29, 1.82) is 5.26 Å². The van der Waals surface area contributed by atoms with E-state index in [9.17, 15) is 20.0 Å². The maximum atomic E-state index is 12.5. The number of carbonyl (C=O) groups is 2. The fourth-order valence-electron chi connectivity index (χ4n) is 4.09. The standard InChI is InChI=1S/C24H28N4O3/c1-26(2)14-22(30)28-20(13-25)23(21(28)15-29)17-10-8-16(9-11-17)18-6-5-7-19(12-18)24(31)27(3)4/h5-12,20-21,23,29H,14-15H2,1-4H3/t20-,21-,23+/m1/s1. The molecule has 1 aliphatic heterocycles. The summed E-state index contributed by atoms with van der Waals surface area (Å²) < 4.78 is 0. The van der Waals surface area contributed by atoms with Gasteiger partial charge in [-0.3, -0.25) is 9.59 Å². The maximum absolute atomic E-state index is 12.5. The van der Waals surface area contributed by atoms with Crippen molar-refractivity contribution in [3.63, 3.8) is 0 Å². The van der Waals surface area contributed by atoms with Crippen molar-refractivity contribution >= 4 is 11.8 Å². The van der Waals surface area contributed by atoms with Gasteiger partial charge < -0.3 is 19.8 Å². The van der Waals surface area contributed by atoms with Crippen LogP contribution in [0.4, 0.5) is 0 Å². The van der Waals surface area contributed by atoms with Gasteiger partial charge in [0.15, 0.2) is 0 Å². The van der Waals surface area contributed by atoms with Crippen molar-refractivity contribution in [1.82, 2.24) is 14.7 Å². The molecule has 0 saturated carbocycles. The van der Waals surface area contributed by atoms with Gasteiger partial charge in [-0.1, -0.05) is 36.4 Å². The number of aliphatic hydroxyl groups is 1. The van der Waals surface area contributed by atoms with Gasteiger partial charge in [0.2, 0.25) is 5.91 Å². The van der Waals surface area contributed by atoms with Gasteiger partial charge in [0.25, 0.3) is 5.91 Å². The Labute approximate surface area is 183 Å². The van der Waals surface area contributed by atoms with Gasteiger partial charge in [-0.2, -0.15) is 5.26 Å². The average molecular weight is 421 g/mol. The van der Waals surface area contributed by atoms with Crippen LogP contribution in [0.3, 0.4) is 0 Å². The number of likely N-dealkylation sites (N-methyl/N-ethyl adjacent to an activating group) is 1. The minimum Gasteiger partial charge on any atom is -0.394 e. The second kappa shape index (κ2) is 9.29. The van der Waals surface area contributed by atoms with Crippen LogP contribution in [-0.2, 0) is 4.79 Å². The fraction of sp³-hybridized carbons (Fsp3) is 0.375. The molecule has 1 N–H and O–H groups in total. The van der Waals surface area contributed by atoms with E-state index in [0.717, 1.165) is 16.7 Å². The lowest BCUT2D eigenvalue weighted by atomic mass is 9.75. The molecule has 3 atom stereocenters. The highest BCUT2D eigenvalue weighted by molar-refractivity contribution is 5.95. The summed E-state index contributed by atoms with van der Waals surface area (Å²) in [7, 11) is 7.03. The number of hydrogen-bond acceptors (Lipinski definition) is 5. The number of nitrogens with zero attached hydrogens (tertiary/aromatic N) is 4. The van der Waals surface area contributed by atoms with E-state index in [-0.39, 0.29) is 30.9 Å². The van der Waals surface area contributed by atoms with Crippen molar-refractivity contribution in [2.24, 2.45) is 0 Å². The highest BCUT2D eigenvalue weighted by Gasteiger charge is 2.51. The van der Waals surface area contributed by atoms with Gasteiger partial charge in [0.1, 0.15) is 6.04 Å². The van der Waals surface area contributed by atoms with Crippen LogP contribution >= 0.6 is 0 Å². The Bertz CT molecular complexity index is 995. The quantitative estimate of drug-likeness (QED) is 0.770. The summed E-state index contributed by atoms with van der Waals surface area (Å²) >= 11 is 0. The molecule has 2 aromatic carbocycles. The Morgan fingerprint density at radius 3 is 2.29 bits per heavy atom. The maximum Gasteiger partial charge on any atom is 0.253 e. The normalized spacial score (nSPS) is 20.2. The molecule has 0 bridgehead atoms. The van der Waals surface area contributed by atoms with E-state index in [2.05, 4.69) is 6.07 Å². The van der Waals surface area contributed by atoms with Crippen molar-refractivity contribution in [3.8, 4) is 17.2 Å². The van der Waals surface area contributed by atoms with E-state index >= 15 is 0 Å². The Balaban J connectivity index is 1.83. The van der Waals surface area contributed by atoms with Crippen LogP contribution in [0.25, 0.3) is 11.1 Å². The number of hydrogen-bond donors (Lipinski definition) is 1. The minimum atomic E-state index is -0.600. The van der Waals surface area contributed by atoms with Gasteiger partial charge in [0.05, 0.1) is 25.3 Å². The molecule has 7 heteroatoms. The topological polar surface area (TPSA) is 87.9 Å². The first-order valence-electron chi connectivity index (χ1n) is 10.2. The third kappa shape index (κ3) is 4.46. The third-order valence-corrected chi connectivity index (χ3v) is 5.62. The summed E-state index contributed by atoms with van der Waals surface area (Å²) in [6.07, 6.45) is 0. The predicted molar refractivity (Wildman–Crippen MR) is 118 cm³/mol.